The van der Waals surface area contributed by atoms with E-state index in [0.717, 1.165) is 12.8 Å². The van der Waals surface area contributed by atoms with E-state index in [-0.39, 0.29) is 51.4 Å². The molecule has 0 aromatic heterocycles. The summed E-state index contributed by atoms with van der Waals surface area (Å²) in [6.45, 7) is 1.70. The van der Waals surface area contributed by atoms with Gasteiger partial charge >= 0.3 is 51.4 Å². The van der Waals surface area contributed by atoms with Crippen molar-refractivity contribution in [3.8, 4) is 0 Å². The first-order valence-electron chi connectivity index (χ1n) is 10.1. The number of unbranched alkanes of at least 4 members (excludes halogenated alkanes) is 14. The van der Waals surface area contributed by atoms with Crippen molar-refractivity contribution in [3.63, 3.8) is 0 Å². The Morgan fingerprint density at radius 1 is 0.720 bits per heavy atom. The minimum absolute atomic E-state index is 0. The summed E-state index contributed by atoms with van der Waals surface area (Å²) >= 11 is 0. The van der Waals surface area contributed by atoms with Gasteiger partial charge in [0.1, 0.15) is 0 Å². The van der Waals surface area contributed by atoms with Crippen LogP contribution in [0.15, 0.2) is 0 Å². The van der Waals surface area contributed by atoms with Gasteiger partial charge in [0.05, 0.1) is 22.0 Å². The van der Waals surface area contributed by atoms with Crippen molar-refractivity contribution in [3.05, 3.63) is 0 Å². The summed E-state index contributed by atoms with van der Waals surface area (Å²) in [7, 11) is -4.33. The fraction of sp³-hybridized carbons (Fsp3) is 1.00. The average molecular weight is 403 g/mol. The molecule has 0 amide bonds. The molecule has 0 fully saturated rings. The van der Waals surface area contributed by atoms with Crippen LogP contribution in [-0.4, -0.2) is 29.9 Å². The van der Waals surface area contributed by atoms with Crippen LogP contribution >= 0.6 is 0 Å². The van der Waals surface area contributed by atoms with Gasteiger partial charge in [-0.25, -0.2) is 8.42 Å². The van der Waals surface area contributed by atoms with Gasteiger partial charge in [0.2, 0.25) is 0 Å². The van der Waals surface area contributed by atoms with Crippen LogP contribution in [0.4, 0.5) is 0 Å². The zero-order valence-electron chi connectivity index (χ0n) is 16.7. The van der Waals surface area contributed by atoms with E-state index in [1.54, 1.807) is 0 Å². The number of hydrogen-bond donors (Lipinski definition) is 1. The largest absolute Gasteiger partial charge is 1.00 e. The number of hydrogen-bond acceptors (Lipinski definition) is 4. The molecule has 1 atom stereocenters. The SMILES string of the molecule is CCCCCCCCCCCCCCCCCC(CO)S(=O)(=O)[O-].[K+]. The third kappa shape index (κ3) is 20.1. The summed E-state index contributed by atoms with van der Waals surface area (Å²) in [5.41, 5.74) is 0. The van der Waals surface area contributed by atoms with Gasteiger partial charge in [-0.1, -0.05) is 103 Å². The Morgan fingerprint density at radius 3 is 1.32 bits per heavy atom. The van der Waals surface area contributed by atoms with Crippen molar-refractivity contribution in [1.29, 1.82) is 0 Å². The van der Waals surface area contributed by atoms with Gasteiger partial charge in [0, 0.05) is 0 Å². The van der Waals surface area contributed by atoms with E-state index in [0.29, 0.717) is 12.8 Å². The molecule has 0 aromatic rings. The van der Waals surface area contributed by atoms with Crippen LogP contribution in [0, 0.1) is 0 Å². The van der Waals surface area contributed by atoms with Crippen molar-refractivity contribution >= 4 is 10.1 Å². The molecule has 0 bridgehead atoms. The minimum atomic E-state index is -4.33. The molecule has 0 aromatic carbocycles. The van der Waals surface area contributed by atoms with E-state index < -0.39 is 22.0 Å². The average Bonchev–Trinajstić information content (AvgIpc) is 2.53. The monoisotopic (exact) mass is 402 g/mol. The molecule has 0 radical (unpaired) electrons. The Labute approximate surface area is 199 Å². The Kier molecular flexibility index (Phi) is 23.3. The predicted molar refractivity (Wildman–Crippen MR) is 100 cm³/mol. The molecule has 6 heteroatoms. The van der Waals surface area contributed by atoms with Gasteiger partial charge in [0.15, 0.2) is 0 Å². The fourth-order valence-electron chi connectivity index (χ4n) is 3.07. The van der Waals surface area contributed by atoms with Gasteiger partial charge < -0.3 is 9.66 Å². The molecular formula is C19H39KO4S. The Balaban J connectivity index is 0. The van der Waals surface area contributed by atoms with E-state index in [2.05, 4.69) is 6.92 Å². The molecule has 25 heavy (non-hydrogen) atoms. The third-order valence-electron chi connectivity index (χ3n) is 4.74. The zero-order chi connectivity index (χ0) is 18.1. The van der Waals surface area contributed by atoms with E-state index in [4.69, 9.17) is 5.11 Å². The molecular weight excluding hydrogens is 363 g/mol. The van der Waals surface area contributed by atoms with Crippen molar-refractivity contribution in [2.45, 2.75) is 115 Å². The summed E-state index contributed by atoms with van der Waals surface area (Å²) in [5, 5.41) is 7.79. The van der Waals surface area contributed by atoms with Crippen LogP contribution in [0.25, 0.3) is 0 Å². The van der Waals surface area contributed by atoms with Gasteiger partial charge in [-0.2, -0.15) is 0 Å². The van der Waals surface area contributed by atoms with Gasteiger partial charge in [-0.3, -0.25) is 0 Å². The standard InChI is InChI=1S/C19H40O4S.K/c1-2-3-4-5-6-7-8-9-10-11-12-13-14-15-16-17-19(18-20)24(21,22)23;/h19-20H,2-18H2,1H3,(H,21,22,23);/q;+1/p-1. The molecule has 0 aliphatic heterocycles. The van der Waals surface area contributed by atoms with E-state index in [1.807, 2.05) is 0 Å². The molecule has 0 aliphatic rings. The van der Waals surface area contributed by atoms with Crippen LogP contribution < -0.4 is 51.4 Å². The summed E-state index contributed by atoms with van der Waals surface area (Å²) in [6.07, 6.45) is 19.1. The number of rotatable bonds is 18. The molecule has 1 N–H and O–H groups in total. The molecule has 1 unspecified atom stereocenters. The number of aliphatic hydroxyl groups is 1. The van der Waals surface area contributed by atoms with Crippen LogP contribution in [-0.2, 0) is 10.1 Å². The van der Waals surface area contributed by atoms with Crippen molar-refractivity contribution < 1.29 is 69.5 Å². The second-order valence-electron chi connectivity index (χ2n) is 7.04. The quantitative estimate of drug-likeness (QED) is 0.216. The first-order valence-corrected chi connectivity index (χ1v) is 11.5. The molecule has 0 rings (SSSR count). The Hall–Kier alpha value is 1.51. The topological polar surface area (TPSA) is 77.4 Å². The predicted octanol–water partition coefficient (Wildman–Crippen LogP) is 2.16. The summed E-state index contributed by atoms with van der Waals surface area (Å²) < 4.78 is 32.5. The van der Waals surface area contributed by atoms with Crippen molar-refractivity contribution in [2.75, 3.05) is 6.61 Å². The summed E-state index contributed by atoms with van der Waals surface area (Å²) in [6, 6.07) is 0. The third-order valence-corrected chi connectivity index (χ3v) is 5.94. The smallest absolute Gasteiger partial charge is 0.748 e. The van der Waals surface area contributed by atoms with E-state index in [9.17, 15) is 13.0 Å². The molecule has 0 heterocycles. The van der Waals surface area contributed by atoms with Crippen LogP contribution in [0.1, 0.15) is 110 Å². The van der Waals surface area contributed by atoms with Crippen LogP contribution in [0.5, 0.6) is 0 Å². The Bertz CT molecular complexity index is 360. The molecule has 0 aliphatic carbocycles. The number of aliphatic hydroxyl groups excluding tert-OH is 1. The van der Waals surface area contributed by atoms with Gasteiger partial charge in [-0.05, 0) is 6.42 Å². The fourth-order valence-corrected chi connectivity index (χ4v) is 3.71. The Morgan fingerprint density at radius 2 is 1.04 bits per heavy atom. The van der Waals surface area contributed by atoms with E-state index in [1.165, 1.54) is 77.0 Å². The summed E-state index contributed by atoms with van der Waals surface area (Å²) in [5.74, 6) is 0. The molecule has 0 saturated heterocycles. The zero-order valence-corrected chi connectivity index (χ0v) is 20.6. The summed E-state index contributed by atoms with van der Waals surface area (Å²) in [4.78, 5) is 0. The van der Waals surface area contributed by atoms with E-state index >= 15 is 0 Å². The van der Waals surface area contributed by atoms with Crippen molar-refractivity contribution in [1.82, 2.24) is 0 Å². The molecule has 0 saturated carbocycles. The molecule has 146 valence electrons. The first kappa shape index (κ1) is 28.7. The second-order valence-corrected chi connectivity index (χ2v) is 8.69. The maximum Gasteiger partial charge on any atom is 1.00 e. The first-order chi connectivity index (χ1) is 11.5. The second kappa shape index (κ2) is 20.2. The maximum atomic E-state index is 10.8. The molecule has 4 nitrogen and oxygen atoms in total. The minimum Gasteiger partial charge on any atom is -0.748 e. The van der Waals surface area contributed by atoms with Crippen molar-refractivity contribution in [2.24, 2.45) is 0 Å². The maximum absolute atomic E-state index is 10.8. The molecule has 0 spiro atoms. The van der Waals surface area contributed by atoms with Crippen LogP contribution in [0.3, 0.4) is 0 Å². The normalized spacial score (nSPS) is 12.8. The van der Waals surface area contributed by atoms with Gasteiger partial charge in [0.25, 0.3) is 0 Å². The van der Waals surface area contributed by atoms with Gasteiger partial charge in [-0.15, -0.1) is 0 Å². The van der Waals surface area contributed by atoms with Crippen LogP contribution in [0.2, 0.25) is 0 Å².